The summed E-state index contributed by atoms with van der Waals surface area (Å²) >= 11 is 1.52. The number of rotatable bonds is 4. The molecule has 28 heavy (non-hydrogen) atoms. The number of fused-ring (bicyclic) bond motifs is 1. The molecule has 0 saturated carbocycles. The second kappa shape index (κ2) is 7.20. The highest BCUT2D eigenvalue weighted by atomic mass is 32.1. The van der Waals surface area contributed by atoms with Crippen molar-refractivity contribution >= 4 is 29.0 Å². The topological polar surface area (TPSA) is 63.7 Å². The van der Waals surface area contributed by atoms with Crippen molar-refractivity contribution in [1.29, 1.82) is 0 Å². The fourth-order valence-electron chi connectivity index (χ4n) is 3.84. The van der Waals surface area contributed by atoms with Crippen LogP contribution in [0.15, 0.2) is 71.1 Å². The van der Waals surface area contributed by atoms with Gasteiger partial charge in [0.2, 0.25) is 0 Å². The number of benzene rings is 1. The first-order valence-corrected chi connectivity index (χ1v) is 9.85. The zero-order valence-corrected chi connectivity index (χ0v) is 16.2. The highest BCUT2D eigenvalue weighted by molar-refractivity contribution is 7.09. The van der Waals surface area contributed by atoms with E-state index in [0.717, 1.165) is 16.0 Å². The van der Waals surface area contributed by atoms with Crippen LogP contribution >= 0.6 is 11.3 Å². The minimum atomic E-state index is -1.29. The quantitative estimate of drug-likeness (QED) is 0.749. The Labute approximate surface area is 166 Å². The number of carbonyl (C=O) groups is 3. The molecule has 4 rings (SSSR count). The Morgan fingerprint density at radius 2 is 1.93 bits per heavy atom. The van der Waals surface area contributed by atoms with E-state index >= 15 is 0 Å². The molecule has 0 bridgehead atoms. The summed E-state index contributed by atoms with van der Waals surface area (Å²) in [7, 11) is 1.33. The molecule has 0 fully saturated rings. The van der Waals surface area contributed by atoms with Gasteiger partial charge in [0.05, 0.1) is 7.11 Å². The fourth-order valence-corrected chi connectivity index (χ4v) is 4.63. The summed E-state index contributed by atoms with van der Waals surface area (Å²) in [6, 6.07) is 12.7. The number of ether oxygens (including phenoxy) is 1. The van der Waals surface area contributed by atoms with Gasteiger partial charge in [0, 0.05) is 29.8 Å². The Bertz CT molecular complexity index is 991. The molecule has 1 atom stereocenters. The molecule has 5 nitrogen and oxygen atoms in total. The number of hydrogen-bond acceptors (Lipinski definition) is 5. The van der Waals surface area contributed by atoms with Gasteiger partial charge in [-0.3, -0.25) is 9.59 Å². The van der Waals surface area contributed by atoms with Crippen molar-refractivity contribution in [2.24, 2.45) is 0 Å². The van der Waals surface area contributed by atoms with Crippen LogP contribution < -0.4 is 0 Å². The van der Waals surface area contributed by atoms with E-state index in [1.807, 2.05) is 23.6 Å². The minimum Gasteiger partial charge on any atom is -0.467 e. The first kappa shape index (κ1) is 18.4. The summed E-state index contributed by atoms with van der Waals surface area (Å²) in [5.41, 5.74) is 0.803. The first-order valence-electron chi connectivity index (χ1n) is 8.97. The lowest BCUT2D eigenvalue weighted by Crippen LogP contribution is -2.60. The van der Waals surface area contributed by atoms with Crippen LogP contribution in [0.5, 0.6) is 0 Å². The number of allylic oxidation sites excluding steroid dienone is 1. The molecule has 2 aliphatic rings. The smallest absolute Gasteiger partial charge is 0.336 e. The third-order valence-electron chi connectivity index (χ3n) is 5.16. The van der Waals surface area contributed by atoms with Gasteiger partial charge in [-0.2, -0.15) is 0 Å². The van der Waals surface area contributed by atoms with E-state index in [1.165, 1.54) is 18.4 Å². The average molecular weight is 393 g/mol. The Balaban J connectivity index is 1.86. The van der Waals surface area contributed by atoms with Crippen LogP contribution in [0.3, 0.4) is 0 Å². The number of carbonyl (C=O) groups excluding carboxylic acids is 3. The van der Waals surface area contributed by atoms with Crippen LogP contribution in [0, 0.1) is 0 Å². The van der Waals surface area contributed by atoms with Crippen molar-refractivity contribution in [3.63, 3.8) is 0 Å². The highest BCUT2D eigenvalue weighted by Gasteiger charge is 2.50. The molecule has 1 aliphatic carbocycles. The van der Waals surface area contributed by atoms with E-state index in [-0.39, 0.29) is 24.7 Å². The van der Waals surface area contributed by atoms with Crippen molar-refractivity contribution in [2.45, 2.75) is 18.4 Å². The zero-order valence-electron chi connectivity index (χ0n) is 15.4. The number of amides is 1. The van der Waals surface area contributed by atoms with E-state index in [2.05, 4.69) is 0 Å². The summed E-state index contributed by atoms with van der Waals surface area (Å²) in [5, 5.41) is 1.93. The van der Waals surface area contributed by atoms with Crippen LogP contribution in [0.1, 0.15) is 21.7 Å². The van der Waals surface area contributed by atoms with Crippen LogP contribution in [0.2, 0.25) is 0 Å². The number of nitrogens with zero attached hydrogens (tertiary/aromatic N) is 1. The second-order valence-corrected chi connectivity index (χ2v) is 7.94. The largest absolute Gasteiger partial charge is 0.467 e. The maximum Gasteiger partial charge on any atom is 0.336 e. The maximum atomic E-state index is 13.4. The van der Waals surface area contributed by atoms with Gasteiger partial charge < -0.3 is 9.64 Å². The Kier molecular flexibility index (Phi) is 4.73. The molecular weight excluding hydrogens is 374 g/mol. The van der Waals surface area contributed by atoms with Gasteiger partial charge in [0.1, 0.15) is 0 Å². The van der Waals surface area contributed by atoms with Gasteiger partial charge >= 0.3 is 5.97 Å². The third kappa shape index (κ3) is 3.10. The van der Waals surface area contributed by atoms with Crippen LogP contribution in [-0.4, -0.2) is 41.8 Å². The summed E-state index contributed by atoms with van der Waals surface area (Å²) in [5.74, 6) is -0.778. The lowest BCUT2D eigenvalue weighted by molar-refractivity contribution is -0.150. The summed E-state index contributed by atoms with van der Waals surface area (Å²) in [4.78, 5) is 41.0. The maximum absolute atomic E-state index is 13.4. The molecule has 6 heteroatoms. The standard InChI is InChI=1S/C22H19NO4S/c1-27-21(26)22(13-19-8-5-9-28-19)12-16-10-18(24)11-17(16)14-23(22)20(25)15-6-3-2-4-7-15/h2-9,11-12H,10,13-14H2,1H3. The van der Waals surface area contributed by atoms with Crippen LogP contribution in [0.25, 0.3) is 0 Å². The van der Waals surface area contributed by atoms with Gasteiger partial charge in [0.25, 0.3) is 5.91 Å². The molecule has 1 aromatic carbocycles. The number of ketones is 1. The number of thiophene rings is 1. The van der Waals surface area contributed by atoms with E-state index in [4.69, 9.17) is 4.74 Å². The van der Waals surface area contributed by atoms with E-state index in [9.17, 15) is 14.4 Å². The Hall–Kier alpha value is -2.99. The second-order valence-electron chi connectivity index (χ2n) is 6.91. The first-order chi connectivity index (χ1) is 13.5. The van der Waals surface area contributed by atoms with Crippen molar-refractivity contribution in [3.05, 3.63) is 81.6 Å². The SMILES string of the molecule is COC(=O)C1(Cc2cccs2)C=C2CC(=O)C=C2CN1C(=O)c1ccccc1. The molecule has 0 N–H and O–H groups in total. The predicted molar refractivity (Wildman–Crippen MR) is 106 cm³/mol. The van der Waals surface area contributed by atoms with Gasteiger partial charge in [0.15, 0.2) is 11.3 Å². The molecule has 1 unspecified atom stereocenters. The number of esters is 1. The third-order valence-corrected chi connectivity index (χ3v) is 6.04. The monoisotopic (exact) mass is 393 g/mol. The van der Waals surface area contributed by atoms with E-state index in [0.29, 0.717) is 12.0 Å². The predicted octanol–water partition coefficient (Wildman–Crippen LogP) is 3.18. The molecule has 1 aromatic heterocycles. The van der Waals surface area contributed by atoms with Crippen molar-refractivity contribution < 1.29 is 19.1 Å². The van der Waals surface area contributed by atoms with Crippen molar-refractivity contribution in [1.82, 2.24) is 4.90 Å². The van der Waals surface area contributed by atoms with Gasteiger partial charge in [-0.25, -0.2) is 4.79 Å². The molecular formula is C22H19NO4S. The van der Waals surface area contributed by atoms with E-state index in [1.54, 1.807) is 41.3 Å². The van der Waals surface area contributed by atoms with Crippen LogP contribution in [0.4, 0.5) is 0 Å². The summed E-state index contributed by atoms with van der Waals surface area (Å²) in [6.07, 6.45) is 3.90. The van der Waals surface area contributed by atoms with Crippen LogP contribution in [-0.2, 0) is 20.7 Å². The molecule has 1 aliphatic heterocycles. The molecule has 2 aromatic rings. The summed E-state index contributed by atoms with van der Waals surface area (Å²) < 4.78 is 5.16. The Morgan fingerprint density at radius 1 is 1.14 bits per heavy atom. The highest BCUT2D eigenvalue weighted by Crippen LogP contribution is 2.39. The molecule has 2 heterocycles. The summed E-state index contributed by atoms with van der Waals surface area (Å²) in [6.45, 7) is 0.200. The molecule has 0 spiro atoms. The fraction of sp³-hybridized carbons (Fsp3) is 0.227. The van der Waals surface area contributed by atoms with Crippen molar-refractivity contribution in [3.8, 4) is 0 Å². The molecule has 0 saturated heterocycles. The lowest BCUT2D eigenvalue weighted by atomic mass is 9.83. The normalized spacial score (nSPS) is 21.0. The van der Waals surface area contributed by atoms with Crippen molar-refractivity contribution in [2.75, 3.05) is 13.7 Å². The lowest BCUT2D eigenvalue weighted by Gasteiger charge is -2.43. The number of hydrogen-bond donors (Lipinski definition) is 0. The molecule has 142 valence electrons. The van der Waals surface area contributed by atoms with Gasteiger partial charge in [-0.1, -0.05) is 24.3 Å². The minimum absolute atomic E-state index is 0.00912. The Morgan fingerprint density at radius 3 is 2.61 bits per heavy atom. The molecule has 0 radical (unpaired) electrons. The van der Waals surface area contributed by atoms with Gasteiger partial charge in [-0.05, 0) is 46.9 Å². The zero-order chi connectivity index (χ0) is 19.7. The average Bonchev–Trinajstić information content (AvgIpc) is 3.34. The van der Waals surface area contributed by atoms with E-state index < -0.39 is 11.5 Å². The van der Waals surface area contributed by atoms with Gasteiger partial charge in [-0.15, -0.1) is 11.3 Å². The number of methoxy groups -OCH3 is 1. The molecule has 1 amide bonds.